The normalized spacial score (nSPS) is 17.0. The average Bonchev–Trinajstić information content (AvgIpc) is 2.46. The number of hydrogen-bond acceptors (Lipinski definition) is 5. The Morgan fingerprint density at radius 2 is 2.00 bits per heavy atom. The number of rotatable bonds is 5. The molecule has 2 heterocycles. The van der Waals surface area contributed by atoms with E-state index in [-0.39, 0.29) is 5.54 Å². The van der Waals surface area contributed by atoms with Gasteiger partial charge in [0.2, 0.25) is 5.88 Å². The predicted octanol–water partition coefficient (Wildman–Crippen LogP) is 2.48. The molecule has 0 saturated carbocycles. The molecule has 1 aliphatic rings. The van der Waals surface area contributed by atoms with E-state index in [1.54, 1.807) is 6.20 Å². The summed E-state index contributed by atoms with van der Waals surface area (Å²) in [4.78, 5) is 11.1. The van der Waals surface area contributed by atoms with Crippen molar-refractivity contribution in [2.75, 3.05) is 31.1 Å². The summed E-state index contributed by atoms with van der Waals surface area (Å²) in [5.74, 6) is 2.30. The topological polar surface area (TPSA) is 50.3 Å². The Bertz CT molecular complexity index is 436. The van der Waals surface area contributed by atoms with E-state index in [2.05, 4.69) is 41.0 Å². The summed E-state index contributed by atoms with van der Waals surface area (Å²) in [7, 11) is 0. The molecule has 1 N–H and O–H groups in total. The molecule has 5 heteroatoms. The standard InChI is InChI=1S/C16H28N4O/c1-5-21-15-12-17-11-14(19-15)20-8-6-13(7-9-20)10-18-16(2,3)4/h11-13,18H,5-10H2,1-4H3. The number of piperidine rings is 1. The molecule has 0 atom stereocenters. The molecule has 1 saturated heterocycles. The summed E-state index contributed by atoms with van der Waals surface area (Å²) in [6, 6.07) is 0. The minimum atomic E-state index is 0.203. The molecule has 5 nitrogen and oxygen atoms in total. The lowest BCUT2D eigenvalue weighted by molar-refractivity contribution is 0.320. The van der Waals surface area contributed by atoms with Crippen LogP contribution in [0.15, 0.2) is 12.4 Å². The van der Waals surface area contributed by atoms with Crippen LogP contribution >= 0.6 is 0 Å². The molecule has 0 amide bonds. The molecule has 0 unspecified atom stereocenters. The monoisotopic (exact) mass is 292 g/mol. The van der Waals surface area contributed by atoms with E-state index in [1.165, 1.54) is 12.8 Å². The van der Waals surface area contributed by atoms with Crippen LogP contribution in [0.4, 0.5) is 5.82 Å². The Kier molecular flexibility index (Phi) is 5.39. The number of ether oxygens (including phenoxy) is 1. The second kappa shape index (κ2) is 7.07. The Morgan fingerprint density at radius 1 is 1.29 bits per heavy atom. The zero-order valence-corrected chi connectivity index (χ0v) is 13.7. The van der Waals surface area contributed by atoms with Crippen molar-refractivity contribution in [1.82, 2.24) is 15.3 Å². The highest BCUT2D eigenvalue weighted by Gasteiger charge is 2.22. The van der Waals surface area contributed by atoms with Crippen LogP contribution in [-0.4, -0.2) is 41.7 Å². The highest BCUT2D eigenvalue weighted by atomic mass is 16.5. The van der Waals surface area contributed by atoms with Crippen molar-refractivity contribution in [1.29, 1.82) is 0 Å². The summed E-state index contributed by atoms with van der Waals surface area (Å²) in [6.07, 6.45) is 5.90. The molecule has 2 rings (SSSR count). The molecule has 1 fully saturated rings. The molecule has 21 heavy (non-hydrogen) atoms. The maximum atomic E-state index is 5.42. The second-order valence-electron chi connectivity index (χ2n) is 6.71. The molecular formula is C16H28N4O. The summed E-state index contributed by atoms with van der Waals surface area (Å²) in [5.41, 5.74) is 0.203. The summed E-state index contributed by atoms with van der Waals surface area (Å²) >= 11 is 0. The average molecular weight is 292 g/mol. The summed E-state index contributed by atoms with van der Waals surface area (Å²) < 4.78 is 5.42. The highest BCUT2D eigenvalue weighted by Crippen LogP contribution is 2.22. The Balaban J connectivity index is 1.84. The third-order valence-corrected chi connectivity index (χ3v) is 3.75. The van der Waals surface area contributed by atoms with Gasteiger partial charge in [-0.3, -0.25) is 4.98 Å². The Labute approximate surface area is 128 Å². The smallest absolute Gasteiger partial charge is 0.234 e. The molecule has 0 aromatic carbocycles. The molecule has 118 valence electrons. The van der Waals surface area contributed by atoms with Gasteiger partial charge in [0.25, 0.3) is 0 Å². The zero-order chi connectivity index (χ0) is 15.3. The van der Waals surface area contributed by atoms with E-state index < -0.39 is 0 Å². The van der Waals surface area contributed by atoms with E-state index in [1.807, 2.05) is 13.1 Å². The van der Waals surface area contributed by atoms with E-state index in [0.29, 0.717) is 12.5 Å². The minimum Gasteiger partial charge on any atom is -0.477 e. The molecular weight excluding hydrogens is 264 g/mol. The first-order chi connectivity index (χ1) is 9.98. The molecule has 1 aliphatic heterocycles. The van der Waals surface area contributed by atoms with E-state index in [4.69, 9.17) is 4.74 Å². The van der Waals surface area contributed by atoms with Gasteiger partial charge in [0.05, 0.1) is 19.0 Å². The fourth-order valence-corrected chi connectivity index (χ4v) is 2.52. The third kappa shape index (κ3) is 5.16. The van der Waals surface area contributed by atoms with Crippen molar-refractivity contribution in [2.24, 2.45) is 5.92 Å². The fourth-order valence-electron chi connectivity index (χ4n) is 2.52. The molecule has 0 bridgehead atoms. The fraction of sp³-hybridized carbons (Fsp3) is 0.750. The maximum Gasteiger partial charge on any atom is 0.234 e. The quantitative estimate of drug-likeness (QED) is 0.903. The second-order valence-corrected chi connectivity index (χ2v) is 6.71. The van der Waals surface area contributed by atoms with Crippen molar-refractivity contribution in [3.8, 4) is 5.88 Å². The van der Waals surface area contributed by atoms with Gasteiger partial charge in [-0.2, -0.15) is 4.98 Å². The first-order valence-electron chi connectivity index (χ1n) is 7.93. The SMILES string of the molecule is CCOc1cncc(N2CCC(CNC(C)(C)C)CC2)n1. The van der Waals surface area contributed by atoms with Gasteiger partial charge >= 0.3 is 0 Å². The lowest BCUT2D eigenvalue weighted by atomic mass is 9.95. The van der Waals surface area contributed by atoms with Crippen LogP contribution in [0.25, 0.3) is 0 Å². The number of anilines is 1. The van der Waals surface area contributed by atoms with Crippen LogP contribution in [0.1, 0.15) is 40.5 Å². The highest BCUT2D eigenvalue weighted by molar-refractivity contribution is 5.38. The third-order valence-electron chi connectivity index (χ3n) is 3.75. The molecule has 0 spiro atoms. The van der Waals surface area contributed by atoms with Crippen molar-refractivity contribution < 1.29 is 4.74 Å². The number of nitrogens with zero attached hydrogens (tertiary/aromatic N) is 3. The van der Waals surface area contributed by atoms with Crippen LogP contribution in [0.2, 0.25) is 0 Å². The molecule has 0 radical (unpaired) electrons. The van der Waals surface area contributed by atoms with Gasteiger partial charge in [-0.05, 0) is 53.0 Å². The Morgan fingerprint density at radius 3 is 2.62 bits per heavy atom. The number of hydrogen-bond donors (Lipinski definition) is 1. The van der Waals surface area contributed by atoms with E-state index in [9.17, 15) is 0 Å². The predicted molar refractivity (Wildman–Crippen MR) is 85.9 cm³/mol. The number of aromatic nitrogens is 2. The maximum absolute atomic E-state index is 5.42. The van der Waals surface area contributed by atoms with Gasteiger partial charge in [0, 0.05) is 18.6 Å². The summed E-state index contributed by atoms with van der Waals surface area (Å²) in [6.45, 7) is 12.4. The summed E-state index contributed by atoms with van der Waals surface area (Å²) in [5, 5.41) is 3.61. The van der Waals surface area contributed by atoms with Gasteiger partial charge in [-0.25, -0.2) is 0 Å². The Hall–Kier alpha value is -1.36. The van der Waals surface area contributed by atoms with Crippen LogP contribution < -0.4 is 15.0 Å². The number of nitrogens with one attached hydrogen (secondary N) is 1. The van der Waals surface area contributed by atoms with Crippen molar-refractivity contribution in [3.05, 3.63) is 12.4 Å². The molecule has 1 aromatic heterocycles. The van der Waals surface area contributed by atoms with Gasteiger partial charge in [-0.15, -0.1) is 0 Å². The van der Waals surface area contributed by atoms with Gasteiger partial charge in [0.15, 0.2) is 5.82 Å². The molecule has 1 aromatic rings. The minimum absolute atomic E-state index is 0.203. The van der Waals surface area contributed by atoms with Gasteiger partial charge in [-0.1, -0.05) is 0 Å². The van der Waals surface area contributed by atoms with Crippen molar-refractivity contribution in [3.63, 3.8) is 0 Å². The van der Waals surface area contributed by atoms with Crippen molar-refractivity contribution in [2.45, 2.75) is 46.1 Å². The first kappa shape index (κ1) is 16.0. The van der Waals surface area contributed by atoms with E-state index >= 15 is 0 Å². The van der Waals surface area contributed by atoms with Crippen LogP contribution in [0.5, 0.6) is 5.88 Å². The van der Waals surface area contributed by atoms with Crippen LogP contribution in [0, 0.1) is 5.92 Å². The van der Waals surface area contributed by atoms with E-state index in [0.717, 1.165) is 31.4 Å². The molecule has 0 aliphatic carbocycles. The van der Waals surface area contributed by atoms with Crippen LogP contribution in [-0.2, 0) is 0 Å². The largest absolute Gasteiger partial charge is 0.477 e. The van der Waals surface area contributed by atoms with Gasteiger partial charge < -0.3 is 15.0 Å². The van der Waals surface area contributed by atoms with Gasteiger partial charge in [0.1, 0.15) is 0 Å². The lowest BCUT2D eigenvalue weighted by Crippen LogP contribution is -2.43. The first-order valence-corrected chi connectivity index (χ1v) is 7.93. The zero-order valence-electron chi connectivity index (χ0n) is 13.7. The van der Waals surface area contributed by atoms with Crippen LogP contribution in [0.3, 0.4) is 0 Å². The lowest BCUT2D eigenvalue weighted by Gasteiger charge is -2.34. The van der Waals surface area contributed by atoms with Crippen molar-refractivity contribution >= 4 is 5.82 Å².